The second-order valence-corrected chi connectivity index (χ2v) is 6.78. The van der Waals surface area contributed by atoms with Gasteiger partial charge in [-0.1, -0.05) is 43.1 Å². The summed E-state index contributed by atoms with van der Waals surface area (Å²) in [6, 6.07) is 6.18. The van der Waals surface area contributed by atoms with Crippen LogP contribution in [-0.4, -0.2) is 24.6 Å². The zero-order valence-electron chi connectivity index (χ0n) is 11.2. The van der Waals surface area contributed by atoms with Crippen molar-refractivity contribution in [1.82, 2.24) is 5.32 Å². The minimum absolute atomic E-state index is 0.451. The van der Waals surface area contributed by atoms with Crippen molar-refractivity contribution in [3.8, 4) is 0 Å². The van der Waals surface area contributed by atoms with Crippen LogP contribution in [0.4, 0.5) is 0 Å². The quantitative estimate of drug-likeness (QED) is 0.795. The number of nitrogens with one attached hydrogen (secondary N) is 1. The van der Waals surface area contributed by atoms with Gasteiger partial charge in [0.25, 0.3) is 0 Å². The molecule has 0 saturated heterocycles. The van der Waals surface area contributed by atoms with Gasteiger partial charge in [-0.05, 0) is 42.8 Å². The Balaban J connectivity index is 2.51. The van der Waals surface area contributed by atoms with Gasteiger partial charge in [-0.25, -0.2) is 0 Å². The molecule has 0 saturated carbocycles. The number of hydrogen-bond acceptors (Lipinski definition) is 2. The minimum atomic E-state index is 0.451. The molecule has 1 rings (SSSR count). The first-order chi connectivity index (χ1) is 8.52. The number of halogens is 2. The predicted octanol–water partition coefficient (Wildman–Crippen LogP) is 4.51. The van der Waals surface area contributed by atoms with Gasteiger partial charge in [0.2, 0.25) is 0 Å². The Kier molecular flexibility index (Phi) is 7.47. The molecule has 1 unspecified atom stereocenters. The van der Waals surface area contributed by atoms with Crippen molar-refractivity contribution in [3.05, 3.63) is 33.8 Å². The zero-order chi connectivity index (χ0) is 13.5. The van der Waals surface area contributed by atoms with Gasteiger partial charge in [0.15, 0.2) is 0 Å². The summed E-state index contributed by atoms with van der Waals surface area (Å²) in [6.07, 6.45) is 0.942. The number of thioether (sulfide) groups is 1. The first-order valence-corrected chi connectivity index (χ1v) is 8.13. The van der Waals surface area contributed by atoms with E-state index < -0.39 is 0 Å². The van der Waals surface area contributed by atoms with Gasteiger partial charge in [-0.3, -0.25) is 0 Å². The number of likely N-dealkylation sites (N-methyl/N-ethyl adjacent to an activating group) is 1. The Hall–Kier alpha value is 0.110. The van der Waals surface area contributed by atoms with E-state index in [0.717, 1.165) is 28.7 Å². The molecule has 1 nitrogen and oxygen atoms in total. The van der Waals surface area contributed by atoms with Crippen molar-refractivity contribution in [3.63, 3.8) is 0 Å². The van der Waals surface area contributed by atoms with Crippen LogP contribution < -0.4 is 5.32 Å². The molecule has 0 aliphatic heterocycles. The molecule has 1 N–H and O–H groups in total. The lowest BCUT2D eigenvalue weighted by atomic mass is 10.1. The molecule has 1 atom stereocenters. The van der Waals surface area contributed by atoms with Gasteiger partial charge in [0.1, 0.15) is 0 Å². The fraction of sp³-hybridized carbons (Fsp3) is 0.571. The number of benzene rings is 1. The van der Waals surface area contributed by atoms with Crippen LogP contribution in [0.2, 0.25) is 10.0 Å². The van der Waals surface area contributed by atoms with Crippen molar-refractivity contribution < 1.29 is 0 Å². The standard InChI is InChI=1S/C14H21Cl2NS/c1-10(2)8-18-9-13(17-3)6-11-4-5-12(15)7-14(11)16/h4-5,7,10,13,17H,6,8-9H2,1-3H3. The topological polar surface area (TPSA) is 12.0 Å². The van der Waals surface area contributed by atoms with E-state index in [2.05, 4.69) is 19.2 Å². The summed E-state index contributed by atoms with van der Waals surface area (Å²) in [5, 5.41) is 4.81. The smallest absolute Gasteiger partial charge is 0.0453 e. The summed E-state index contributed by atoms with van der Waals surface area (Å²) in [7, 11) is 2.00. The molecule has 1 aromatic carbocycles. The normalized spacial score (nSPS) is 13.0. The summed E-state index contributed by atoms with van der Waals surface area (Å²) in [5.74, 6) is 3.05. The van der Waals surface area contributed by atoms with Crippen LogP contribution in [-0.2, 0) is 6.42 Å². The average molecular weight is 306 g/mol. The van der Waals surface area contributed by atoms with E-state index in [1.807, 2.05) is 37.0 Å². The molecule has 0 spiro atoms. The molecule has 18 heavy (non-hydrogen) atoms. The molecule has 1 aromatic rings. The predicted molar refractivity (Wildman–Crippen MR) is 85.2 cm³/mol. The van der Waals surface area contributed by atoms with E-state index in [0.29, 0.717) is 11.1 Å². The number of rotatable bonds is 7. The highest BCUT2D eigenvalue weighted by Crippen LogP contribution is 2.23. The van der Waals surface area contributed by atoms with E-state index in [4.69, 9.17) is 23.2 Å². The van der Waals surface area contributed by atoms with Crippen LogP contribution in [0.5, 0.6) is 0 Å². The maximum Gasteiger partial charge on any atom is 0.0453 e. The first-order valence-electron chi connectivity index (χ1n) is 6.22. The Labute approximate surface area is 125 Å². The van der Waals surface area contributed by atoms with E-state index in [9.17, 15) is 0 Å². The molecular weight excluding hydrogens is 285 g/mol. The lowest BCUT2D eigenvalue weighted by molar-refractivity contribution is 0.616. The first kappa shape index (κ1) is 16.2. The van der Waals surface area contributed by atoms with Gasteiger partial charge >= 0.3 is 0 Å². The lowest BCUT2D eigenvalue weighted by Crippen LogP contribution is -2.30. The molecule has 4 heteroatoms. The fourth-order valence-corrected chi connectivity index (χ4v) is 3.31. The molecule has 0 aliphatic rings. The van der Waals surface area contributed by atoms with Crippen LogP contribution >= 0.6 is 35.0 Å². The van der Waals surface area contributed by atoms with Gasteiger partial charge in [-0.15, -0.1) is 0 Å². The molecule has 0 bridgehead atoms. The third kappa shape index (κ3) is 5.83. The van der Waals surface area contributed by atoms with Gasteiger partial charge in [0.05, 0.1) is 0 Å². The summed E-state index contributed by atoms with van der Waals surface area (Å²) < 4.78 is 0. The maximum atomic E-state index is 6.20. The Morgan fingerprint density at radius 2 is 1.94 bits per heavy atom. The lowest BCUT2D eigenvalue weighted by Gasteiger charge is -2.17. The average Bonchev–Trinajstić information content (AvgIpc) is 2.30. The van der Waals surface area contributed by atoms with Crippen LogP contribution in [0.1, 0.15) is 19.4 Å². The van der Waals surface area contributed by atoms with Crippen LogP contribution in [0, 0.1) is 5.92 Å². The second-order valence-electron chi connectivity index (χ2n) is 4.86. The SMILES string of the molecule is CNC(CSCC(C)C)Cc1ccc(Cl)cc1Cl. The second kappa shape index (κ2) is 8.31. The van der Waals surface area contributed by atoms with Crippen LogP contribution in [0.15, 0.2) is 18.2 Å². The summed E-state index contributed by atoms with van der Waals surface area (Å²) in [5.41, 5.74) is 1.16. The molecule has 0 aliphatic carbocycles. The maximum absolute atomic E-state index is 6.20. The van der Waals surface area contributed by atoms with Gasteiger partial charge in [0, 0.05) is 21.8 Å². The molecule has 0 radical (unpaired) electrons. The minimum Gasteiger partial charge on any atom is -0.316 e. The molecule has 0 heterocycles. The fourth-order valence-electron chi connectivity index (χ4n) is 1.64. The zero-order valence-corrected chi connectivity index (χ0v) is 13.5. The monoisotopic (exact) mass is 305 g/mol. The van der Waals surface area contributed by atoms with Gasteiger partial charge in [-0.2, -0.15) is 11.8 Å². The third-order valence-electron chi connectivity index (χ3n) is 2.66. The largest absolute Gasteiger partial charge is 0.316 e. The van der Waals surface area contributed by atoms with E-state index >= 15 is 0 Å². The highest BCUT2D eigenvalue weighted by atomic mass is 35.5. The molecule has 0 fully saturated rings. The van der Waals surface area contributed by atoms with Crippen molar-refractivity contribution >= 4 is 35.0 Å². The highest BCUT2D eigenvalue weighted by Gasteiger charge is 2.10. The summed E-state index contributed by atoms with van der Waals surface area (Å²) in [4.78, 5) is 0. The van der Waals surface area contributed by atoms with Crippen molar-refractivity contribution in [2.75, 3.05) is 18.6 Å². The molecule has 0 aromatic heterocycles. The number of hydrogen-bond donors (Lipinski definition) is 1. The van der Waals surface area contributed by atoms with Gasteiger partial charge < -0.3 is 5.32 Å². The Morgan fingerprint density at radius 1 is 1.22 bits per heavy atom. The summed E-state index contributed by atoms with van der Waals surface area (Å²) >= 11 is 14.1. The van der Waals surface area contributed by atoms with Crippen LogP contribution in [0.25, 0.3) is 0 Å². The molecule has 0 amide bonds. The van der Waals surface area contributed by atoms with Crippen molar-refractivity contribution in [1.29, 1.82) is 0 Å². The molecule has 102 valence electrons. The Morgan fingerprint density at radius 3 is 2.50 bits per heavy atom. The van der Waals surface area contributed by atoms with E-state index in [-0.39, 0.29) is 0 Å². The van der Waals surface area contributed by atoms with Crippen molar-refractivity contribution in [2.45, 2.75) is 26.3 Å². The van der Waals surface area contributed by atoms with E-state index in [1.54, 1.807) is 0 Å². The summed E-state index contributed by atoms with van der Waals surface area (Å²) in [6.45, 7) is 4.49. The Bertz CT molecular complexity index is 369. The van der Waals surface area contributed by atoms with E-state index in [1.165, 1.54) is 5.75 Å². The molecular formula is C14H21Cl2NS. The third-order valence-corrected chi connectivity index (χ3v) is 4.79. The highest BCUT2D eigenvalue weighted by molar-refractivity contribution is 7.99. The van der Waals surface area contributed by atoms with Crippen molar-refractivity contribution in [2.24, 2.45) is 5.92 Å². The van der Waals surface area contributed by atoms with Crippen LogP contribution in [0.3, 0.4) is 0 Å².